The van der Waals surface area contributed by atoms with Gasteiger partial charge in [-0.1, -0.05) is 0 Å². The van der Waals surface area contributed by atoms with Crippen LogP contribution in [0, 0.1) is 0 Å². The van der Waals surface area contributed by atoms with Crippen molar-refractivity contribution in [3.63, 3.8) is 0 Å². The average molecular weight is 275 g/mol. The summed E-state index contributed by atoms with van der Waals surface area (Å²) < 4.78 is 76.3. The maximum Gasteiger partial charge on any atom is 0.573 e. The average Bonchev–Trinajstić information content (AvgIpc) is 2.16. The Balaban J connectivity index is 3.20. The Labute approximate surface area is 96.8 Å². The van der Waals surface area contributed by atoms with Gasteiger partial charge in [0, 0.05) is 5.56 Å². The molecular formula is C9H7F6NO2. The molecule has 0 radical (unpaired) electrons. The first-order valence-corrected chi connectivity index (χ1v) is 4.41. The Morgan fingerprint density at radius 3 is 2.11 bits per heavy atom. The quantitative estimate of drug-likeness (QED) is 0.816. The van der Waals surface area contributed by atoms with E-state index in [1.165, 1.54) is 0 Å². The van der Waals surface area contributed by atoms with Crippen LogP contribution in [0.4, 0.5) is 26.3 Å². The number of aromatic hydroxyl groups is 1. The van der Waals surface area contributed by atoms with E-state index in [9.17, 15) is 26.3 Å². The largest absolute Gasteiger partial charge is 0.573 e. The molecule has 0 aromatic heterocycles. The molecule has 102 valence electrons. The van der Waals surface area contributed by atoms with Crippen LogP contribution in [0.3, 0.4) is 0 Å². The standard InChI is InChI=1S/C9H7F6NO2/c10-8(11,12)7(16)5-3-4(17)1-2-6(5)18-9(13,14)15/h1-3,7,17H,16H2/t7-/m1/s1. The lowest BCUT2D eigenvalue weighted by Crippen LogP contribution is -2.30. The maximum atomic E-state index is 12.3. The third-order valence-corrected chi connectivity index (χ3v) is 1.91. The first-order valence-electron chi connectivity index (χ1n) is 4.41. The highest BCUT2D eigenvalue weighted by Crippen LogP contribution is 2.38. The summed E-state index contributed by atoms with van der Waals surface area (Å²) in [5.41, 5.74) is 3.78. The van der Waals surface area contributed by atoms with Gasteiger partial charge in [0.1, 0.15) is 17.5 Å². The zero-order valence-electron chi connectivity index (χ0n) is 8.51. The summed E-state index contributed by atoms with van der Waals surface area (Å²) in [6.45, 7) is 0. The van der Waals surface area contributed by atoms with E-state index < -0.39 is 35.6 Å². The van der Waals surface area contributed by atoms with Crippen molar-refractivity contribution in [3.8, 4) is 11.5 Å². The van der Waals surface area contributed by atoms with Crippen LogP contribution in [0.25, 0.3) is 0 Å². The normalized spacial score (nSPS) is 14.4. The Morgan fingerprint density at radius 2 is 1.67 bits per heavy atom. The van der Waals surface area contributed by atoms with E-state index in [1.807, 2.05) is 0 Å². The third kappa shape index (κ3) is 3.69. The SMILES string of the molecule is N[C@H](c1cc(O)ccc1OC(F)(F)F)C(F)(F)F. The smallest absolute Gasteiger partial charge is 0.508 e. The molecule has 0 heterocycles. The summed E-state index contributed by atoms with van der Waals surface area (Å²) in [6.07, 6.45) is -10.1. The van der Waals surface area contributed by atoms with Crippen LogP contribution in [0.15, 0.2) is 18.2 Å². The zero-order valence-corrected chi connectivity index (χ0v) is 8.51. The molecule has 1 aromatic carbocycles. The fourth-order valence-corrected chi connectivity index (χ4v) is 1.17. The van der Waals surface area contributed by atoms with Gasteiger partial charge in [-0.2, -0.15) is 13.2 Å². The molecular weight excluding hydrogens is 268 g/mol. The van der Waals surface area contributed by atoms with E-state index in [-0.39, 0.29) is 0 Å². The number of nitrogens with two attached hydrogens (primary N) is 1. The molecule has 0 amide bonds. The van der Waals surface area contributed by atoms with E-state index in [0.29, 0.717) is 12.1 Å². The van der Waals surface area contributed by atoms with Crippen LogP contribution in [0.2, 0.25) is 0 Å². The number of benzene rings is 1. The van der Waals surface area contributed by atoms with Gasteiger partial charge < -0.3 is 15.6 Å². The van der Waals surface area contributed by atoms with Gasteiger partial charge in [0.25, 0.3) is 0 Å². The Hall–Kier alpha value is -1.64. The van der Waals surface area contributed by atoms with Gasteiger partial charge in [0.2, 0.25) is 0 Å². The number of ether oxygens (including phenoxy) is 1. The van der Waals surface area contributed by atoms with Crippen molar-refractivity contribution in [1.29, 1.82) is 0 Å². The molecule has 1 aromatic rings. The second-order valence-corrected chi connectivity index (χ2v) is 3.29. The minimum Gasteiger partial charge on any atom is -0.508 e. The highest BCUT2D eigenvalue weighted by molar-refractivity contribution is 5.42. The number of phenols is 1. The molecule has 0 bridgehead atoms. The zero-order chi connectivity index (χ0) is 14.1. The first kappa shape index (κ1) is 14.4. The van der Waals surface area contributed by atoms with Crippen molar-refractivity contribution in [2.24, 2.45) is 5.73 Å². The number of halogens is 6. The van der Waals surface area contributed by atoms with Crippen molar-refractivity contribution in [3.05, 3.63) is 23.8 Å². The first-order chi connectivity index (χ1) is 8.00. The molecule has 18 heavy (non-hydrogen) atoms. The van der Waals surface area contributed by atoms with E-state index in [0.717, 1.165) is 6.07 Å². The number of hydrogen-bond acceptors (Lipinski definition) is 3. The predicted octanol–water partition coefficient (Wildman–Crippen LogP) is 2.85. The number of phenolic OH excluding ortho intramolecular Hbond substituents is 1. The molecule has 0 aliphatic carbocycles. The topological polar surface area (TPSA) is 55.5 Å². The molecule has 0 saturated heterocycles. The van der Waals surface area contributed by atoms with Gasteiger partial charge in [0.05, 0.1) is 0 Å². The molecule has 0 aliphatic rings. The lowest BCUT2D eigenvalue weighted by molar-refractivity contribution is -0.275. The fourth-order valence-electron chi connectivity index (χ4n) is 1.17. The summed E-state index contributed by atoms with van der Waals surface area (Å²) in [6, 6.07) is -0.904. The van der Waals surface area contributed by atoms with Crippen LogP contribution >= 0.6 is 0 Å². The van der Waals surface area contributed by atoms with Crippen molar-refractivity contribution in [1.82, 2.24) is 0 Å². The van der Waals surface area contributed by atoms with Crippen LogP contribution in [-0.2, 0) is 0 Å². The molecule has 0 aliphatic heterocycles. The van der Waals surface area contributed by atoms with Crippen LogP contribution in [-0.4, -0.2) is 17.6 Å². The number of rotatable bonds is 2. The molecule has 3 nitrogen and oxygen atoms in total. The molecule has 1 rings (SSSR count). The molecule has 3 N–H and O–H groups in total. The summed E-state index contributed by atoms with van der Waals surface area (Å²) in [7, 11) is 0. The minimum absolute atomic E-state index is 0.471. The van der Waals surface area contributed by atoms with E-state index >= 15 is 0 Å². The van der Waals surface area contributed by atoms with Crippen molar-refractivity contribution in [2.75, 3.05) is 0 Å². The fraction of sp³-hybridized carbons (Fsp3) is 0.333. The van der Waals surface area contributed by atoms with Crippen molar-refractivity contribution in [2.45, 2.75) is 18.6 Å². The predicted molar refractivity (Wildman–Crippen MR) is 47.8 cm³/mol. The van der Waals surface area contributed by atoms with Crippen LogP contribution < -0.4 is 10.5 Å². The molecule has 0 unspecified atom stereocenters. The van der Waals surface area contributed by atoms with Gasteiger partial charge in [0.15, 0.2) is 0 Å². The Morgan fingerprint density at radius 1 is 1.11 bits per heavy atom. The van der Waals surface area contributed by atoms with Crippen LogP contribution in [0.1, 0.15) is 11.6 Å². The van der Waals surface area contributed by atoms with Crippen LogP contribution in [0.5, 0.6) is 11.5 Å². The minimum atomic E-state index is -5.16. The Bertz CT molecular complexity index is 428. The van der Waals surface area contributed by atoms with E-state index in [4.69, 9.17) is 10.8 Å². The number of hydrogen-bond donors (Lipinski definition) is 2. The third-order valence-electron chi connectivity index (χ3n) is 1.91. The molecule has 0 spiro atoms. The molecule has 9 heteroatoms. The maximum absolute atomic E-state index is 12.3. The summed E-state index contributed by atoms with van der Waals surface area (Å²) in [4.78, 5) is 0. The second kappa shape index (κ2) is 4.56. The number of alkyl halides is 6. The van der Waals surface area contributed by atoms with Crippen molar-refractivity contribution < 1.29 is 36.2 Å². The Kier molecular flexibility index (Phi) is 3.65. The van der Waals surface area contributed by atoms with Gasteiger partial charge in [-0.25, -0.2) is 0 Å². The summed E-state index contributed by atoms with van der Waals surface area (Å²) in [5, 5.41) is 8.99. The van der Waals surface area contributed by atoms with E-state index in [2.05, 4.69) is 4.74 Å². The molecule has 0 saturated carbocycles. The summed E-state index contributed by atoms with van der Waals surface area (Å²) in [5.74, 6) is -1.76. The highest BCUT2D eigenvalue weighted by Gasteiger charge is 2.41. The molecule has 1 atom stereocenters. The van der Waals surface area contributed by atoms with Crippen molar-refractivity contribution >= 4 is 0 Å². The lowest BCUT2D eigenvalue weighted by Gasteiger charge is -2.20. The molecule has 0 fully saturated rings. The summed E-state index contributed by atoms with van der Waals surface area (Å²) >= 11 is 0. The van der Waals surface area contributed by atoms with E-state index in [1.54, 1.807) is 0 Å². The van der Waals surface area contributed by atoms with Gasteiger partial charge in [-0.15, -0.1) is 13.2 Å². The van der Waals surface area contributed by atoms with Gasteiger partial charge in [-0.3, -0.25) is 0 Å². The van der Waals surface area contributed by atoms with Gasteiger partial charge >= 0.3 is 12.5 Å². The van der Waals surface area contributed by atoms with Gasteiger partial charge in [-0.05, 0) is 18.2 Å². The monoisotopic (exact) mass is 275 g/mol. The highest BCUT2D eigenvalue weighted by atomic mass is 19.4. The second-order valence-electron chi connectivity index (χ2n) is 3.29. The lowest BCUT2D eigenvalue weighted by atomic mass is 10.1.